The molecule has 1 N–H and O–H groups in total. The number of carboxylic acids is 1. The number of nitrogens with zero attached hydrogens (tertiary/aromatic N) is 2. The number of fused-ring (bicyclic) bond motifs is 3. The van der Waals surface area contributed by atoms with Crippen LogP contribution in [-0.2, 0) is 14.3 Å². The Labute approximate surface area is 169 Å². The number of aliphatic carboxylic acids is 1. The molecule has 0 radical (unpaired) electrons. The normalized spacial score (nSPS) is 12.1. The van der Waals surface area contributed by atoms with Crippen LogP contribution in [0.15, 0.2) is 48.5 Å². The molecule has 1 aliphatic carbocycles. The molecule has 0 bridgehead atoms. The molecule has 0 spiro atoms. The SMILES string of the molecule is CN(C)C(=O)CCN(CC(=O)O)C(=O)OCC1c2ccccc2-c2ccccc21. The predicted octanol–water partition coefficient (Wildman–Crippen LogP) is 2.80. The topological polar surface area (TPSA) is 87.2 Å². The molecule has 0 fully saturated rings. The Hall–Kier alpha value is -3.35. The molecule has 0 aromatic heterocycles. The van der Waals surface area contributed by atoms with E-state index >= 15 is 0 Å². The van der Waals surface area contributed by atoms with Crippen LogP contribution in [0.3, 0.4) is 0 Å². The Balaban J connectivity index is 1.71. The van der Waals surface area contributed by atoms with Crippen molar-refractivity contribution in [1.82, 2.24) is 9.80 Å². The molecular weight excluding hydrogens is 372 g/mol. The van der Waals surface area contributed by atoms with Crippen LogP contribution >= 0.6 is 0 Å². The highest BCUT2D eigenvalue weighted by Gasteiger charge is 2.30. The summed E-state index contributed by atoms with van der Waals surface area (Å²) in [6.45, 7) is -0.429. The van der Waals surface area contributed by atoms with E-state index in [0.29, 0.717) is 0 Å². The fourth-order valence-corrected chi connectivity index (χ4v) is 3.54. The van der Waals surface area contributed by atoms with Gasteiger partial charge < -0.3 is 14.7 Å². The van der Waals surface area contributed by atoms with Crippen molar-refractivity contribution in [3.05, 3.63) is 59.7 Å². The Morgan fingerprint density at radius 2 is 1.52 bits per heavy atom. The second kappa shape index (κ2) is 8.77. The number of carbonyl (C=O) groups is 3. The average Bonchev–Trinajstić information content (AvgIpc) is 3.02. The lowest BCUT2D eigenvalue weighted by Crippen LogP contribution is -2.39. The van der Waals surface area contributed by atoms with E-state index in [1.807, 2.05) is 48.5 Å². The van der Waals surface area contributed by atoms with Crippen LogP contribution in [0.1, 0.15) is 23.5 Å². The van der Waals surface area contributed by atoms with E-state index in [-0.39, 0.29) is 31.4 Å². The van der Waals surface area contributed by atoms with E-state index in [1.54, 1.807) is 14.1 Å². The number of rotatable bonds is 7. The zero-order valence-corrected chi connectivity index (χ0v) is 16.5. The van der Waals surface area contributed by atoms with Gasteiger partial charge >= 0.3 is 12.1 Å². The molecule has 0 aliphatic heterocycles. The molecule has 152 valence electrons. The van der Waals surface area contributed by atoms with Gasteiger partial charge in [-0.05, 0) is 22.3 Å². The van der Waals surface area contributed by atoms with E-state index in [0.717, 1.165) is 27.2 Å². The second-order valence-electron chi connectivity index (χ2n) is 7.16. The zero-order chi connectivity index (χ0) is 21.0. The molecule has 3 rings (SSSR count). The van der Waals surface area contributed by atoms with Crippen molar-refractivity contribution in [3.63, 3.8) is 0 Å². The molecule has 2 aromatic carbocycles. The van der Waals surface area contributed by atoms with E-state index in [4.69, 9.17) is 9.84 Å². The maximum absolute atomic E-state index is 12.6. The molecule has 2 amide bonds. The van der Waals surface area contributed by atoms with Gasteiger partial charge in [-0.1, -0.05) is 48.5 Å². The van der Waals surface area contributed by atoms with Gasteiger partial charge in [0.2, 0.25) is 5.91 Å². The smallest absolute Gasteiger partial charge is 0.410 e. The van der Waals surface area contributed by atoms with Gasteiger partial charge in [0.05, 0.1) is 0 Å². The summed E-state index contributed by atoms with van der Waals surface area (Å²) in [4.78, 5) is 37.9. The molecule has 0 heterocycles. The Kier molecular flexibility index (Phi) is 6.16. The monoisotopic (exact) mass is 396 g/mol. The maximum Gasteiger partial charge on any atom is 0.410 e. The Morgan fingerprint density at radius 3 is 2.03 bits per heavy atom. The highest BCUT2D eigenvalue weighted by atomic mass is 16.6. The molecule has 1 aliphatic rings. The first kappa shape index (κ1) is 20.4. The van der Waals surface area contributed by atoms with Crippen molar-refractivity contribution >= 4 is 18.0 Å². The lowest BCUT2D eigenvalue weighted by atomic mass is 9.98. The Bertz CT molecular complexity index is 879. The summed E-state index contributed by atoms with van der Waals surface area (Å²) in [5.41, 5.74) is 4.38. The third-order valence-corrected chi connectivity index (χ3v) is 5.01. The van der Waals surface area contributed by atoms with Crippen molar-refractivity contribution in [1.29, 1.82) is 0 Å². The lowest BCUT2D eigenvalue weighted by molar-refractivity contribution is -0.138. The van der Waals surface area contributed by atoms with Crippen molar-refractivity contribution in [2.45, 2.75) is 12.3 Å². The molecule has 7 heteroatoms. The molecule has 2 aromatic rings. The molecule has 7 nitrogen and oxygen atoms in total. The van der Waals surface area contributed by atoms with Crippen LogP contribution < -0.4 is 0 Å². The van der Waals surface area contributed by atoms with Crippen LogP contribution in [0.5, 0.6) is 0 Å². The third-order valence-electron chi connectivity index (χ3n) is 5.01. The van der Waals surface area contributed by atoms with Gasteiger partial charge in [0.25, 0.3) is 0 Å². The lowest BCUT2D eigenvalue weighted by Gasteiger charge is -2.22. The largest absolute Gasteiger partial charge is 0.480 e. The summed E-state index contributed by atoms with van der Waals surface area (Å²) in [7, 11) is 3.22. The zero-order valence-electron chi connectivity index (χ0n) is 16.5. The standard InChI is InChI=1S/C22H24N2O5/c1-23(2)20(25)11-12-24(13-21(26)27)22(28)29-14-19-17-9-5-3-7-15(17)16-8-4-6-10-18(16)19/h3-10,19H,11-14H2,1-2H3,(H,26,27). The summed E-state index contributed by atoms with van der Waals surface area (Å²) in [5.74, 6) is -1.45. The highest BCUT2D eigenvalue weighted by molar-refractivity contribution is 5.80. The first-order valence-corrected chi connectivity index (χ1v) is 9.40. The quantitative estimate of drug-likeness (QED) is 0.778. The van der Waals surface area contributed by atoms with Gasteiger partial charge in [-0.2, -0.15) is 0 Å². The number of carbonyl (C=O) groups excluding carboxylic acids is 2. The summed E-state index contributed by atoms with van der Waals surface area (Å²) in [6, 6.07) is 15.9. The van der Waals surface area contributed by atoms with Crippen LogP contribution in [0.25, 0.3) is 11.1 Å². The van der Waals surface area contributed by atoms with Crippen LogP contribution in [0.2, 0.25) is 0 Å². The first-order valence-electron chi connectivity index (χ1n) is 9.40. The molecular formula is C22H24N2O5. The highest BCUT2D eigenvalue weighted by Crippen LogP contribution is 2.44. The van der Waals surface area contributed by atoms with E-state index < -0.39 is 18.6 Å². The third kappa shape index (κ3) is 4.56. The minimum absolute atomic E-state index is 0.0139. The van der Waals surface area contributed by atoms with Crippen molar-refractivity contribution < 1.29 is 24.2 Å². The van der Waals surface area contributed by atoms with Gasteiger partial charge in [0.1, 0.15) is 13.2 Å². The molecule has 0 saturated carbocycles. The average molecular weight is 396 g/mol. The summed E-state index contributed by atoms with van der Waals surface area (Å²) in [5, 5.41) is 9.10. The number of hydrogen-bond donors (Lipinski definition) is 1. The number of amides is 2. The van der Waals surface area contributed by atoms with Crippen molar-refractivity contribution in [2.24, 2.45) is 0 Å². The molecule has 0 unspecified atom stereocenters. The van der Waals surface area contributed by atoms with Crippen LogP contribution in [0, 0.1) is 0 Å². The van der Waals surface area contributed by atoms with Gasteiger partial charge in [-0.15, -0.1) is 0 Å². The summed E-state index contributed by atoms with van der Waals surface area (Å²) < 4.78 is 5.49. The van der Waals surface area contributed by atoms with Gasteiger partial charge in [-0.25, -0.2) is 4.79 Å². The fourth-order valence-electron chi connectivity index (χ4n) is 3.54. The number of carboxylic acid groups (broad SMARTS) is 1. The van der Waals surface area contributed by atoms with E-state index in [1.165, 1.54) is 4.90 Å². The number of hydrogen-bond acceptors (Lipinski definition) is 4. The van der Waals surface area contributed by atoms with Gasteiger partial charge in [0.15, 0.2) is 0 Å². The van der Waals surface area contributed by atoms with Crippen LogP contribution in [0.4, 0.5) is 4.79 Å². The van der Waals surface area contributed by atoms with Gasteiger partial charge in [-0.3, -0.25) is 14.5 Å². The fraction of sp³-hybridized carbons (Fsp3) is 0.318. The summed E-state index contributed by atoms with van der Waals surface area (Å²) >= 11 is 0. The molecule has 0 saturated heterocycles. The van der Waals surface area contributed by atoms with Crippen LogP contribution in [-0.4, -0.2) is 66.7 Å². The number of ether oxygens (including phenoxy) is 1. The summed E-state index contributed by atoms with van der Waals surface area (Å²) in [6.07, 6.45) is -0.703. The van der Waals surface area contributed by atoms with E-state index in [9.17, 15) is 14.4 Å². The van der Waals surface area contributed by atoms with Crippen molar-refractivity contribution in [3.8, 4) is 11.1 Å². The minimum atomic E-state index is -1.16. The van der Waals surface area contributed by atoms with Crippen molar-refractivity contribution in [2.75, 3.05) is 33.8 Å². The minimum Gasteiger partial charge on any atom is -0.480 e. The second-order valence-corrected chi connectivity index (χ2v) is 7.16. The van der Waals surface area contributed by atoms with E-state index in [2.05, 4.69) is 0 Å². The van der Waals surface area contributed by atoms with Gasteiger partial charge in [0, 0.05) is 33.0 Å². The number of benzene rings is 2. The maximum atomic E-state index is 12.6. The Morgan fingerprint density at radius 1 is 0.966 bits per heavy atom. The molecule has 0 atom stereocenters. The first-order chi connectivity index (χ1) is 13.9. The molecule has 29 heavy (non-hydrogen) atoms. The predicted molar refractivity (Wildman–Crippen MR) is 108 cm³/mol.